The summed E-state index contributed by atoms with van der Waals surface area (Å²) < 4.78 is 0. The molecule has 0 bridgehead atoms. The van der Waals surface area contributed by atoms with E-state index in [-0.39, 0.29) is 56.3 Å². The molecule has 0 aliphatic heterocycles. The number of fused-ring (bicyclic) bond motifs is 2. The molecule has 10 heteroatoms. The second-order valence-corrected chi connectivity index (χ2v) is 9.09. The molecule has 3 rings (SSSR count). The topological polar surface area (TPSA) is 134 Å². The number of carbonyl (C=O) groups is 1. The summed E-state index contributed by atoms with van der Waals surface area (Å²) in [5, 5.41) is 34.8. The fourth-order valence-corrected chi connectivity index (χ4v) is 3.71. The van der Waals surface area contributed by atoms with Crippen LogP contribution in [0.15, 0.2) is 17.1 Å². The monoisotopic (exact) mass is 482 g/mol. The number of carbonyl (C=O) groups excluding carboxylic acids is 1. The van der Waals surface area contributed by atoms with Gasteiger partial charge in [0.15, 0.2) is 0 Å². The minimum absolute atomic E-state index is 0.100. The van der Waals surface area contributed by atoms with E-state index in [2.05, 4.69) is 25.2 Å². The lowest BCUT2D eigenvalue weighted by Crippen LogP contribution is -2.27. The van der Waals surface area contributed by atoms with Crippen molar-refractivity contribution in [1.29, 1.82) is 0 Å². The third-order valence-electron chi connectivity index (χ3n) is 5.67. The zero-order valence-corrected chi connectivity index (χ0v) is 21.0. The van der Waals surface area contributed by atoms with Gasteiger partial charge in [-0.3, -0.25) is 9.79 Å². The van der Waals surface area contributed by atoms with Crippen molar-refractivity contribution in [3.05, 3.63) is 28.8 Å². The number of benzene rings is 2. The third kappa shape index (κ3) is 5.95. The molecule has 1 amide bonds. The molecule has 0 aliphatic rings. The van der Waals surface area contributed by atoms with Gasteiger partial charge in [-0.25, -0.2) is 9.97 Å². The largest absolute Gasteiger partial charge is 0.507 e. The van der Waals surface area contributed by atoms with E-state index in [0.29, 0.717) is 18.7 Å². The van der Waals surface area contributed by atoms with Crippen molar-refractivity contribution in [3.8, 4) is 17.2 Å². The molecule has 0 unspecified atom stereocenters. The highest BCUT2D eigenvalue weighted by Crippen LogP contribution is 2.38. The Bertz CT molecular complexity index is 1260. The predicted octanol–water partition coefficient (Wildman–Crippen LogP) is 2.26. The maximum Gasteiger partial charge on any atom is 0.253 e. The summed E-state index contributed by atoms with van der Waals surface area (Å²) in [5.74, 6) is -0.904. The molecule has 2 aromatic carbocycles. The molecule has 0 atom stereocenters. The van der Waals surface area contributed by atoms with E-state index in [4.69, 9.17) is 0 Å². The predicted molar refractivity (Wildman–Crippen MR) is 138 cm³/mol. The zero-order valence-electron chi connectivity index (χ0n) is 21.0. The van der Waals surface area contributed by atoms with Crippen molar-refractivity contribution in [2.75, 3.05) is 54.4 Å². The van der Waals surface area contributed by atoms with E-state index >= 15 is 0 Å². The molecule has 0 aliphatic carbocycles. The molecular weight excluding hydrogens is 448 g/mol. The average Bonchev–Trinajstić information content (AvgIpc) is 2.81. The van der Waals surface area contributed by atoms with Gasteiger partial charge in [0.2, 0.25) is 0 Å². The number of aromatic hydroxyl groups is 3. The minimum Gasteiger partial charge on any atom is -0.507 e. The van der Waals surface area contributed by atoms with Gasteiger partial charge in [-0.15, -0.1) is 0 Å². The molecule has 0 fully saturated rings. The molecule has 0 saturated heterocycles. The lowest BCUT2D eigenvalue weighted by atomic mass is 10.0. The van der Waals surface area contributed by atoms with Gasteiger partial charge in [0, 0.05) is 24.9 Å². The summed E-state index contributed by atoms with van der Waals surface area (Å²) in [5.41, 5.74) is 1.34. The SMILES string of the molecule is Cc1c(O)c(C=NCCCN(C)C)c2nc3c(O)ccc(C(=O)NCCCN(C)C)c3nc2c1O. The van der Waals surface area contributed by atoms with Gasteiger partial charge in [-0.2, -0.15) is 0 Å². The molecule has 1 aromatic heterocycles. The van der Waals surface area contributed by atoms with E-state index in [1.54, 1.807) is 6.92 Å². The lowest BCUT2D eigenvalue weighted by molar-refractivity contribution is 0.0953. The molecule has 188 valence electrons. The van der Waals surface area contributed by atoms with E-state index in [1.807, 2.05) is 33.1 Å². The molecule has 0 saturated carbocycles. The second-order valence-electron chi connectivity index (χ2n) is 9.09. The Kier molecular flexibility index (Phi) is 8.42. The number of nitrogens with one attached hydrogen (secondary N) is 1. The van der Waals surface area contributed by atoms with Crippen LogP contribution in [0.2, 0.25) is 0 Å². The van der Waals surface area contributed by atoms with Crippen molar-refractivity contribution in [1.82, 2.24) is 25.1 Å². The van der Waals surface area contributed by atoms with Crippen LogP contribution in [0.1, 0.15) is 34.3 Å². The average molecular weight is 483 g/mol. The normalized spacial score (nSPS) is 12.0. The standard InChI is InChI=1S/C25H34N6O4/c1-15-23(33)17(14-26-10-6-12-30(2)3)20-22(24(15)34)29-19-16(8-9-18(32)21(19)28-20)25(35)27-11-7-13-31(4)5/h8-9,14,32-34H,6-7,10-13H2,1-5H3,(H,27,35). The number of nitrogens with zero attached hydrogens (tertiary/aromatic N) is 5. The van der Waals surface area contributed by atoms with Crippen LogP contribution in [-0.4, -0.2) is 102 Å². The Labute approximate surface area is 204 Å². The molecule has 0 radical (unpaired) electrons. The van der Waals surface area contributed by atoms with E-state index in [0.717, 1.165) is 25.9 Å². The van der Waals surface area contributed by atoms with Gasteiger partial charge < -0.3 is 30.4 Å². The molecule has 1 heterocycles. The summed E-state index contributed by atoms with van der Waals surface area (Å²) in [6.07, 6.45) is 3.13. The van der Waals surface area contributed by atoms with Crippen LogP contribution in [0.5, 0.6) is 17.2 Å². The summed E-state index contributed by atoms with van der Waals surface area (Å²) in [4.78, 5) is 30.4. The number of rotatable bonds is 10. The zero-order chi connectivity index (χ0) is 25.7. The summed E-state index contributed by atoms with van der Waals surface area (Å²) >= 11 is 0. The summed E-state index contributed by atoms with van der Waals surface area (Å²) in [6.45, 7) is 4.30. The Hall–Kier alpha value is -3.50. The van der Waals surface area contributed by atoms with Crippen molar-refractivity contribution in [2.24, 2.45) is 4.99 Å². The number of aliphatic imine (C=N–C) groups is 1. The molecule has 35 heavy (non-hydrogen) atoms. The van der Waals surface area contributed by atoms with Gasteiger partial charge >= 0.3 is 0 Å². The summed E-state index contributed by atoms with van der Waals surface area (Å²) in [6, 6.07) is 2.87. The number of hydrogen-bond donors (Lipinski definition) is 4. The first-order chi connectivity index (χ1) is 16.6. The molecule has 10 nitrogen and oxygen atoms in total. The van der Waals surface area contributed by atoms with Crippen LogP contribution in [0.3, 0.4) is 0 Å². The van der Waals surface area contributed by atoms with Crippen LogP contribution >= 0.6 is 0 Å². The molecule has 0 spiro atoms. The van der Waals surface area contributed by atoms with E-state index in [9.17, 15) is 20.1 Å². The van der Waals surface area contributed by atoms with E-state index < -0.39 is 0 Å². The summed E-state index contributed by atoms with van der Waals surface area (Å²) in [7, 11) is 7.89. The van der Waals surface area contributed by atoms with Crippen LogP contribution in [0.4, 0.5) is 0 Å². The van der Waals surface area contributed by atoms with Crippen LogP contribution in [-0.2, 0) is 0 Å². The van der Waals surface area contributed by atoms with Gasteiger partial charge in [-0.05, 0) is 73.2 Å². The Morgan fingerprint density at radius 1 is 0.943 bits per heavy atom. The number of phenolic OH excluding ortho intramolecular Hbond substituents is 3. The van der Waals surface area contributed by atoms with Gasteiger partial charge in [-0.1, -0.05) is 0 Å². The highest BCUT2D eigenvalue weighted by Gasteiger charge is 2.22. The first kappa shape index (κ1) is 26.1. The van der Waals surface area contributed by atoms with Crippen LogP contribution < -0.4 is 5.32 Å². The molecular formula is C25H34N6O4. The van der Waals surface area contributed by atoms with Crippen molar-refractivity contribution in [2.45, 2.75) is 19.8 Å². The first-order valence-corrected chi connectivity index (χ1v) is 11.6. The fraction of sp³-hybridized carbons (Fsp3) is 0.440. The van der Waals surface area contributed by atoms with Crippen LogP contribution in [0, 0.1) is 6.92 Å². The molecule has 4 N–H and O–H groups in total. The number of amides is 1. The molecule has 3 aromatic rings. The Balaban J connectivity index is 2.06. The maximum atomic E-state index is 12.9. The number of hydrogen-bond acceptors (Lipinski definition) is 9. The number of aromatic nitrogens is 2. The smallest absolute Gasteiger partial charge is 0.253 e. The van der Waals surface area contributed by atoms with Gasteiger partial charge in [0.1, 0.15) is 39.3 Å². The second kappa shape index (κ2) is 11.3. The van der Waals surface area contributed by atoms with Gasteiger partial charge in [0.05, 0.1) is 11.1 Å². The van der Waals surface area contributed by atoms with Crippen LogP contribution in [0.25, 0.3) is 22.1 Å². The van der Waals surface area contributed by atoms with Gasteiger partial charge in [0.25, 0.3) is 5.91 Å². The quantitative estimate of drug-likeness (QED) is 0.196. The third-order valence-corrected chi connectivity index (χ3v) is 5.67. The lowest BCUT2D eigenvalue weighted by Gasteiger charge is -2.14. The number of phenols is 3. The highest BCUT2D eigenvalue weighted by molar-refractivity contribution is 6.10. The van der Waals surface area contributed by atoms with E-state index in [1.165, 1.54) is 18.3 Å². The Morgan fingerprint density at radius 3 is 2.29 bits per heavy atom. The minimum atomic E-state index is -0.347. The van der Waals surface area contributed by atoms with Crippen molar-refractivity contribution in [3.63, 3.8) is 0 Å². The Morgan fingerprint density at radius 2 is 1.60 bits per heavy atom. The first-order valence-electron chi connectivity index (χ1n) is 11.6. The van der Waals surface area contributed by atoms with Crippen molar-refractivity contribution >= 4 is 34.2 Å². The van der Waals surface area contributed by atoms with Crippen molar-refractivity contribution < 1.29 is 20.1 Å². The fourth-order valence-electron chi connectivity index (χ4n) is 3.71. The maximum absolute atomic E-state index is 12.9. The highest BCUT2D eigenvalue weighted by atomic mass is 16.3.